The van der Waals surface area contributed by atoms with Crippen LogP contribution in [0.15, 0.2) is 71.6 Å². The standard InChI is InChI=1S/C31H39N3O5S/c1-7-18-32-31(36)25(5)33(20-26-11-9-12-27(19-26)39-6)30(35)21-34(29-13-8-10-23(3)24(29)4)40(37,38)28-16-14-22(2)15-17-28/h8-17,19,25H,7,18,20-21H2,1-6H3,(H,32,36). The summed E-state index contributed by atoms with van der Waals surface area (Å²) < 4.78 is 34.5. The summed E-state index contributed by atoms with van der Waals surface area (Å²) in [5, 5.41) is 2.85. The highest BCUT2D eigenvalue weighted by molar-refractivity contribution is 7.92. The largest absolute Gasteiger partial charge is 0.497 e. The molecule has 3 aromatic rings. The number of nitrogens with zero attached hydrogens (tertiary/aromatic N) is 2. The molecule has 0 heterocycles. The van der Waals surface area contributed by atoms with Gasteiger partial charge in [0, 0.05) is 13.1 Å². The number of hydrogen-bond donors (Lipinski definition) is 1. The molecule has 0 aromatic heterocycles. The molecule has 0 radical (unpaired) electrons. The molecule has 1 N–H and O–H groups in total. The number of rotatable bonds is 12. The minimum Gasteiger partial charge on any atom is -0.497 e. The third-order valence-corrected chi connectivity index (χ3v) is 8.71. The van der Waals surface area contributed by atoms with Crippen molar-refractivity contribution in [3.63, 3.8) is 0 Å². The van der Waals surface area contributed by atoms with E-state index in [-0.39, 0.29) is 17.3 Å². The second-order valence-electron chi connectivity index (χ2n) is 9.88. The molecule has 214 valence electrons. The Morgan fingerprint density at radius 1 is 0.975 bits per heavy atom. The van der Waals surface area contributed by atoms with Gasteiger partial charge in [0.25, 0.3) is 10.0 Å². The first-order valence-corrected chi connectivity index (χ1v) is 14.8. The van der Waals surface area contributed by atoms with Crippen molar-refractivity contribution in [2.24, 2.45) is 0 Å². The van der Waals surface area contributed by atoms with Gasteiger partial charge in [-0.2, -0.15) is 0 Å². The molecule has 3 aromatic carbocycles. The number of aryl methyl sites for hydroxylation is 2. The third-order valence-electron chi connectivity index (χ3n) is 6.94. The van der Waals surface area contributed by atoms with Gasteiger partial charge in [-0.3, -0.25) is 13.9 Å². The molecule has 0 spiro atoms. The van der Waals surface area contributed by atoms with Crippen LogP contribution in [0.1, 0.15) is 42.5 Å². The van der Waals surface area contributed by atoms with Crippen LogP contribution in [0.25, 0.3) is 0 Å². The van der Waals surface area contributed by atoms with E-state index >= 15 is 0 Å². The molecular formula is C31H39N3O5S. The number of amides is 2. The predicted molar refractivity (Wildman–Crippen MR) is 158 cm³/mol. The van der Waals surface area contributed by atoms with Gasteiger partial charge in [-0.1, -0.05) is 48.9 Å². The molecule has 0 bridgehead atoms. The van der Waals surface area contributed by atoms with E-state index in [0.29, 0.717) is 18.0 Å². The minimum absolute atomic E-state index is 0.0832. The number of hydrogen-bond acceptors (Lipinski definition) is 5. The Kier molecular flexibility index (Phi) is 10.3. The number of benzene rings is 3. The maximum absolute atomic E-state index is 14.0. The summed E-state index contributed by atoms with van der Waals surface area (Å²) in [6.45, 7) is 9.30. The van der Waals surface area contributed by atoms with Crippen LogP contribution < -0.4 is 14.4 Å². The molecule has 1 unspecified atom stereocenters. The lowest BCUT2D eigenvalue weighted by atomic mass is 10.1. The van der Waals surface area contributed by atoms with E-state index in [1.165, 1.54) is 4.90 Å². The van der Waals surface area contributed by atoms with Crippen molar-refractivity contribution in [2.75, 3.05) is 24.5 Å². The molecule has 0 saturated carbocycles. The number of methoxy groups -OCH3 is 1. The van der Waals surface area contributed by atoms with Gasteiger partial charge in [0.1, 0.15) is 18.3 Å². The maximum Gasteiger partial charge on any atom is 0.264 e. The first-order valence-electron chi connectivity index (χ1n) is 13.3. The Bertz CT molecular complexity index is 1440. The van der Waals surface area contributed by atoms with E-state index < -0.39 is 28.5 Å². The predicted octanol–water partition coefficient (Wildman–Crippen LogP) is 4.76. The lowest BCUT2D eigenvalue weighted by molar-refractivity contribution is -0.139. The molecule has 3 rings (SSSR count). The summed E-state index contributed by atoms with van der Waals surface area (Å²) in [6.07, 6.45) is 0.748. The van der Waals surface area contributed by atoms with Crippen LogP contribution in [0.4, 0.5) is 5.69 Å². The number of carbonyl (C=O) groups excluding carboxylic acids is 2. The van der Waals surface area contributed by atoms with Crippen LogP contribution in [-0.4, -0.2) is 51.4 Å². The summed E-state index contributed by atoms with van der Waals surface area (Å²) >= 11 is 0. The van der Waals surface area contributed by atoms with Gasteiger partial charge < -0.3 is 15.0 Å². The summed E-state index contributed by atoms with van der Waals surface area (Å²) in [7, 11) is -2.56. The normalized spacial score (nSPS) is 11.9. The Morgan fingerprint density at radius 2 is 1.65 bits per heavy atom. The van der Waals surface area contributed by atoms with Crippen LogP contribution in [0, 0.1) is 20.8 Å². The van der Waals surface area contributed by atoms with Crippen molar-refractivity contribution in [1.82, 2.24) is 10.2 Å². The van der Waals surface area contributed by atoms with Crippen molar-refractivity contribution in [2.45, 2.75) is 58.5 Å². The van der Waals surface area contributed by atoms with Gasteiger partial charge in [0.05, 0.1) is 17.7 Å². The van der Waals surface area contributed by atoms with Crippen molar-refractivity contribution in [3.05, 3.63) is 89.0 Å². The molecular weight excluding hydrogens is 526 g/mol. The molecule has 0 aliphatic carbocycles. The van der Waals surface area contributed by atoms with Gasteiger partial charge in [0.2, 0.25) is 11.8 Å². The fourth-order valence-electron chi connectivity index (χ4n) is 4.30. The van der Waals surface area contributed by atoms with Gasteiger partial charge >= 0.3 is 0 Å². The molecule has 8 nitrogen and oxygen atoms in total. The average Bonchev–Trinajstić information content (AvgIpc) is 2.94. The highest BCUT2D eigenvalue weighted by atomic mass is 32.2. The first kappa shape index (κ1) is 30.7. The Balaban J connectivity index is 2.07. The Hall–Kier alpha value is -3.85. The zero-order valence-electron chi connectivity index (χ0n) is 24.1. The number of nitrogens with one attached hydrogen (secondary N) is 1. The molecule has 0 aliphatic rings. The highest BCUT2D eigenvalue weighted by Gasteiger charge is 2.33. The SMILES string of the molecule is CCCNC(=O)C(C)N(Cc1cccc(OC)c1)C(=O)CN(c1cccc(C)c1C)S(=O)(=O)c1ccc(C)cc1. The average molecular weight is 566 g/mol. The van der Waals surface area contributed by atoms with E-state index in [2.05, 4.69) is 5.32 Å². The van der Waals surface area contributed by atoms with E-state index in [9.17, 15) is 18.0 Å². The zero-order valence-corrected chi connectivity index (χ0v) is 24.9. The first-order chi connectivity index (χ1) is 19.0. The Labute approximate surface area is 238 Å². The quantitative estimate of drug-likeness (QED) is 0.342. The molecule has 40 heavy (non-hydrogen) atoms. The molecule has 0 fully saturated rings. The van der Waals surface area contributed by atoms with Crippen LogP contribution in [0.3, 0.4) is 0 Å². The molecule has 2 amide bonds. The van der Waals surface area contributed by atoms with E-state index in [0.717, 1.165) is 33.0 Å². The van der Waals surface area contributed by atoms with Crippen LogP contribution in [0.5, 0.6) is 5.75 Å². The fourth-order valence-corrected chi connectivity index (χ4v) is 5.77. The van der Waals surface area contributed by atoms with E-state index in [4.69, 9.17) is 4.74 Å². The minimum atomic E-state index is -4.12. The van der Waals surface area contributed by atoms with Gasteiger partial charge in [0.15, 0.2) is 0 Å². The molecule has 0 aliphatic heterocycles. The number of anilines is 1. The van der Waals surface area contributed by atoms with Crippen molar-refractivity contribution in [1.29, 1.82) is 0 Å². The summed E-state index contributed by atoms with van der Waals surface area (Å²) in [5.74, 6) is -0.191. The summed E-state index contributed by atoms with van der Waals surface area (Å²) in [4.78, 5) is 28.5. The molecule has 9 heteroatoms. The van der Waals surface area contributed by atoms with Crippen LogP contribution in [0.2, 0.25) is 0 Å². The monoisotopic (exact) mass is 565 g/mol. The van der Waals surface area contributed by atoms with Gasteiger partial charge in [-0.15, -0.1) is 0 Å². The number of sulfonamides is 1. The molecule has 0 saturated heterocycles. The van der Waals surface area contributed by atoms with Crippen LogP contribution >= 0.6 is 0 Å². The maximum atomic E-state index is 14.0. The number of carbonyl (C=O) groups is 2. The third kappa shape index (κ3) is 7.21. The highest BCUT2D eigenvalue weighted by Crippen LogP contribution is 2.29. The fraction of sp³-hybridized carbons (Fsp3) is 0.355. The topological polar surface area (TPSA) is 96.0 Å². The van der Waals surface area contributed by atoms with Crippen molar-refractivity contribution < 1.29 is 22.7 Å². The summed E-state index contributed by atoms with van der Waals surface area (Å²) in [6, 6.07) is 18.3. The molecule has 1 atom stereocenters. The van der Waals surface area contributed by atoms with E-state index in [1.54, 1.807) is 62.6 Å². The number of ether oxygens (including phenoxy) is 1. The van der Waals surface area contributed by atoms with Gasteiger partial charge in [-0.05, 0) is 81.1 Å². The lowest BCUT2D eigenvalue weighted by Crippen LogP contribution is -2.51. The van der Waals surface area contributed by atoms with Crippen molar-refractivity contribution >= 4 is 27.5 Å². The van der Waals surface area contributed by atoms with Gasteiger partial charge in [-0.25, -0.2) is 8.42 Å². The smallest absolute Gasteiger partial charge is 0.264 e. The summed E-state index contributed by atoms with van der Waals surface area (Å²) in [5.41, 5.74) is 3.74. The van der Waals surface area contributed by atoms with Crippen molar-refractivity contribution in [3.8, 4) is 5.75 Å². The Morgan fingerprint density at radius 3 is 2.30 bits per heavy atom. The second-order valence-corrected chi connectivity index (χ2v) is 11.7. The van der Waals surface area contributed by atoms with E-state index in [1.807, 2.05) is 45.9 Å². The second kappa shape index (κ2) is 13.5. The zero-order chi connectivity index (χ0) is 29.4. The lowest BCUT2D eigenvalue weighted by Gasteiger charge is -2.32. The van der Waals surface area contributed by atoms with Crippen LogP contribution in [-0.2, 0) is 26.2 Å².